The molecule has 0 bridgehead atoms. The highest BCUT2D eigenvalue weighted by atomic mass is 32.1. The Morgan fingerprint density at radius 1 is 0.433 bits per heavy atom. The molecule has 60 heavy (non-hydrogen) atoms. The van der Waals surface area contributed by atoms with Gasteiger partial charge >= 0.3 is 0 Å². The summed E-state index contributed by atoms with van der Waals surface area (Å²) in [5.74, 6) is 0. The number of unbranched alkanes of at least 4 members (excludes halogenated alkanes) is 18. The zero-order chi connectivity index (χ0) is 41.7. The van der Waals surface area contributed by atoms with Crippen LogP contribution in [0.2, 0.25) is 0 Å². The lowest BCUT2D eigenvalue weighted by Gasteiger charge is -2.28. The highest BCUT2D eigenvalue weighted by Gasteiger charge is 2.47. The normalized spacial score (nSPS) is 18.0. The maximum absolute atomic E-state index is 6.85. The molecule has 8 rings (SSSR count). The Bertz CT molecular complexity index is 2190. The van der Waals surface area contributed by atoms with Crippen LogP contribution in [0.4, 0.5) is 0 Å². The van der Waals surface area contributed by atoms with E-state index in [1.807, 2.05) is 45.3 Å². The van der Waals surface area contributed by atoms with Gasteiger partial charge in [-0.2, -0.15) is 0 Å². The average Bonchev–Trinajstić information content (AvgIpc) is 4.06. The SMILES string of the molecule is CCCCCCCCCCCCc1cc2sc3c(c2s1)C(C)(OCC)c1ccc2c4c(ccc2c1-3)C(C)(OCC)c1c-4sc2cc(CCCCCCCCCCCC)sc12. The first-order chi connectivity index (χ1) is 29.4. The molecule has 2 aliphatic carbocycles. The van der Waals surface area contributed by atoms with Crippen molar-refractivity contribution in [3.63, 3.8) is 0 Å². The molecule has 2 aliphatic rings. The van der Waals surface area contributed by atoms with Crippen LogP contribution in [0.3, 0.4) is 0 Å². The molecule has 0 radical (unpaired) electrons. The third-order valence-corrected chi connectivity index (χ3v) is 18.9. The molecule has 6 aromatic rings. The third-order valence-electron chi connectivity index (χ3n) is 13.9. The third kappa shape index (κ3) is 8.62. The van der Waals surface area contributed by atoms with E-state index in [0.29, 0.717) is 13.2 Å². The number of benzene rings is 2. The summed E-state index contributed by atoms with van der Waals surface area (Å²) in [6, 6.07) is 14.7. The van der Waals surface area contributed by atoms with Gasteiger partial charge in [-0.05, 0) is 87.4 Å². The number of aryl methyl sites for hydroxylation is 2. The molecular weight excluding hydrogens is 809 g/mol. The predicted molar refractivity (Wildman–Crippen MR) is 269 cm³/mol. The van der Waals surface area contributed by atoms with Crippen LogP contribution in [0.15, 0.2) is 36.4 Å². The fraction of sp³-hybridized carbons (Fsp3) is 0.593. The fourth-order valence-electron chi connectivity index (χ4n) is 10.7. The molecule has 6 heteroatoms. The summed E-state index contributed by atoms with van der Waals surface area (Å²) < 4.78 is 19.5. The number of thiophene rings is 4. The maximum Gasteiger partial charge on any atom is 0.119 e. The van der Waals surface area contributed by atoms with Gasteiger partial charge in [-0.15, -0.1) is 45.3 Å². The molecule has 2 aromatic carbocycles. The summed E-state index contributed by atoms with van der Waals surface area (Å²) in [7, 11) is 0. The van der Waals surface area contributed by atoms with Gasteiger partial charge in [0.25, 0.3) is 0 Å². The summed E-state index contributed by atoms with van der Waals surface area (Å²) in [4.78, 5) is 5.94. The monoisotopic (exact) mass is 880 g/mol. The smallest absolute Gasteiger partial charge is 0.119 e. The first kappa shape index (κ1) is 44.5. The van der Waals surface area contributed by atoms with Gasteiger partial charge in [0.15, 0.2) is 0 Å². The van der Waals surface area contributed by atoms with E-state index in [0.717, 1.165) is 0 Å². The van der Waals surface area contributed by atoms with Gasteiger partial charge in [0.05, 0.1) is 9.40 Å². The van der Waals surface area contributed by atoms with E-state index in [1.54, 1.807) is 9.75 Å². The van der Waals surface area contributed by atoms with E-state index in [2.05, 4.69) is 77.9 Å². The molecule has 0 amide bonds. The molecule has 2 atom stereocenters. The summed E-state index contributed by atoms with van der Waals surface area (Å²) in [5.41, 5.74) is 7.38. The van der Waals surface area contributed by atoms with Gasteiger partial charge < -0.3 is 9.47 Å². The molecular formula is C54H72O2S4. The van der Waals surface area contributed by atoms with Gasteiger partial charge in [0.2, 0.25) is 0 Å². The number of hydrogen-bond donors (Lipinski definition) is 0. The van der Waals surface area contributed by atoms with Crippen LogP contribution in [0.1, 0.15) is 202 Å². The van der Waals surface area contributed by atoms with Crippen LogP contribution in [0.5, 0.6) is 0 Å². The first-order valence-electron chi connectivity index (χ1n) is 24.4. The second-order valence-electron chi connectivity index (χ2n) is 18.3. The molecule has 0 aliphatic heterocycles. The van der Waals surface area contributed by atoms with Crippen LogP contribution in [-0.4, -0.2) is 13.2 Å². The first-order valence-corrected chi connectivity index (χ1v) is 27.6. The van der Waals surface area contributed by atoms with E-state index in [-0.39, 0.29) is 0 Å². The molecule has 0 fully saturated rings. The largest absolute Gasteiger partial charge is 0.366 e. The van der Waals surface area contributed by atoms with Crippen molar-refractivity contribution in [3.05, 3.63) is 68.4 Å². The Balaban J connectivity index is 1.03. The van der Waals surface area contributed by atoms with Crippen molar-refractivity contribution in [1.82, 2.24) is 0 Å². The van der Waals surface area contributed by atoms with Crippen molar-refractivity contribution in [1.29, 1.82) is 0 Å². The van der Waals surface area contributed by atoms with Crippen LogP contribution in [-0.2, 0) is 33.5 Å². The minimum Gasteiger partial charge on any atom is -0.366 e. The average molecular weight is 881 g/mol. The molecule has 0 saturated heterocycles. The van der Waals surface area contributed by atoms with Gasteiger partial charge in [-0.3, -0.25) is 0 Å². The maximum atomic E-state index is 6.85. The molecule has 2 nitrogen and oxygen atoms in total. The molecule has 4 aromatic heterocycles. The Kier molecular flexibility index (Phi) is 15.0. The minimum absolute atomic E-state index is 0.453. The zero-order valence-corrected chi connectivity index (χ0v) is 41.2. The zero-order valence-electron chi connectivity index (χ0n) is 37.9. The Morgan fingerprint density at radius 2 is 0.783 bits per heavy atom. The van der Waals surface area contributed by atoms with Crippen molar-refractivity contribution < 1.29 is 9.47 Å². The number of fused-ring (bicyclic) bond motifs is 13. The summed E-state index contributed by atoms with van der Waals surface area (Å²) in [6.45, 7) is 15.0. The van der Waals surface area contributed by atoms with Gasteiger partial charge in [-0.25, -0.2) is 0 Å². The van der Waals surface area contributed by atoms with Crippen molar-refractivity contribution in [2.45, 2.75) is 194 Å². The van der Waals surface area contributed by atoms with Gasteiger partial charge in [0, 0.05) is 64.4 Å². The van der Waals surface area contributed by atoms with Gasteiger partial charge in [0.1, 0.15) is 11.2 Å². The van der Waals surface area contributed by atoms with E-state index >= 15 is 0 Å². The summed E-state index contributed by atoms with van der Waals surface area (Å²) in [6.07, 6.45) is 30.1. The van der Waals surface area contributed by atoms with Crippen LogP contribution in [0, 0.1) is 0 Å². The Morgan fingerprint density at radius 3 is 1.13 bits per heavy atom. The predicted octanol–water partition coefficient (Wildman–Crippen LogP) is 18.9. The highest BCUT2D eigenvalue weighted by molar-refractivity contribution is 7.30. The Hall–Kier alpha value is -2.06. The number of ether oxygens (including phenoxy) is 2. The summed E-state index contributed by atoms with van der Waals surface area (Å²) in [5, 5.41) is 2.72. The molecule has 324 valence electrons. The lowest BCUT2D eigenvalue weighted by molar-refractivity contribution is 0.00853. The molecule has 0 saturated carbocycles. The second kappa shape index (κ2) is 20.2. The topological polar surface area (TPSA) is 18.5 Å². The molecule has 0 N–H and O–H groups in total. The molecule has 2 unspecified atom stereocenters. The Labute approximate surface area is 378 Å². The fourth-order valence-corrected chi connectivity index (χ4v) is 16.7. The van der Waals surface area contributed by atoms with Gasteiger partial charge in [-0.1, -0.05) is 154 Å². The minimum atomic E-state index is -0.453. The van der Waals surface area contributed by atoms with E-state index < -0.39 is 11.2 Å². The quantitative estimate of drug-likeness (QED) is 0.0505. The van der Waals surface area contributed by atoms with Crippen molar-refractivity contribution >= 4 is 74.9 Å². The van der Waals surface area contributed by atoms with Crippen molar-refractivity contribution in [2.24, 2.45) is 0 Å². The van der Waals surface area contributed by atoms with Crippen LogP contribution < -0.4 is 0 Å². The number of hydrogen-bond acceptors (Lipinski definition) is 6. The lowest BCUT2D eigenvalue weighted by Crippen LogP contribution is -2.25. The number of rotatable bonds is 26. The summed E-state index contributed by atoms with van der Waals surface area (Å²) >= 11 is 8.10. The van der Waals surface area contributed by atoms with E-state index in [4.69, 9.17) is 9.47 Å². The highest BCUT2D eigenvalue weighted by Crippen LogP contribution is 2.63. The molecule has 0 spiro atoms. The molecule has 4 heterocycles. The second-order valence-corrected chi connectivity index (χ2v) is 22.7. The van der Waals surface area contributed by atoms with E-state index in [1.165, 1.54) is 214 Å². The van der Waals surface area contributed by atoms with E-state index in [9.17, 15) is 0 Å². The standard InChI is InChI=1S/C54H72O2S4/c1-7-11-13-15-17-19-21-23-25-27-29-37-35-43-49(57-37)47-51(59-43)45-39-32-34-42-46(40(39)31-33-41(45)53(47,5)55-9-3)52-48(54(42,6)56-10-4)50-44(60-52)36-38(58-50)30-28-26-24-22-20-18-16-14-12-8-2/h31-36H,7-30H2,1-6H3. The van der Waals surface area contributed by atoms with Crippen molar-refractivity contribution in [3.8, 4) is 20.9 Å². The lowest BCUT2D eigenvalue weighted by atomic mass is 9.88. The van der Waals surface area contributed by atoms with Crippen molar-refractivity contribution in [2.75, 3.05) is 13.2 Å². The van der Waals surface area contributed by atoms with Crippen LogP contribution >= 0.6 is 45.3 Å². The van der Waals surface area contributed by atoms with Crippen LogP contribution in [0.25, 0.3) is 50.5 Å².